The molecule has 4 nitrogen and oxygen atoms in total. The van der Waals surface area contributed by atoms with Gasteiger partial charge in [-0.2, -0.15) is 5.10 Å². The van der Waals surface area contributed by atoms with Gasteiger partial charge in [0.1, 0.15) is 5.82 Å². The highest BCUT2D eigenvalue weighted by Gasteiger charge is 2.12. The van der Waals surface area contributed by atoms with Crippen LogP contribution in [0, 0.1) is 12.7 Å². The fourth-order valence-electron chi connectivity index (χ4n) is 2.89. The lowest BCUT2D eigenvalue weighted by Gasteiger charge is -2.17. The van der Waals surface area contributed by atoms with Gasteiger partial charge in [-0.15, -0.1) is 0 Å². The molecule has 0 radical (unpaired) electrons. The normalized spacial score (nSPS) is 10.7. The first-order chi connectivity index (χ1) is 12.5. The molecule has 26 heavy (non-hydrogen) atoms. The molecule has 1 heterocycles. The molecule has 2 aromatic carbocycles. The van der Waals surface area contributed by atoms with Gasteiger partial charge in [0.15, 0.2) is 0 Å². The number of hydrogen-bond donors (Lipinski definition) is 1. The van der Waals surface area contributed by atoms with Crippen molar-refractivity contribution in [3.05, 3.63) is 77.2 Å². The van der Waals surface area contributed by atoms with E-state index in [-0.39, 0.29) is 11.7 Å². The van der Waals surface area contributed by atoms with Gasteiger partial charge in [0, 0.05) is 30.4 Å². The third-order valence-electron chi connectivity index (χ3n) is 4.30. The van der Waals surface area contributed by atoms with Crippen LogP contribution < -0.4 is 0 Å². The first-order valence-corrected chi connectivity index (χ1v) is 8.65. The average Bonchev–Trinajstić information content (AvgIpc) is 3.10. The van der Waals surface area contributed by atoms with Crippen molar-refractivity contribution in [1.29, 1.82) is 0 Å². The standard InChI is InChI=1S/C21H22FN3O/c1-15-6-3-8-17(12-15)21(26)25(2)11-5-10-19-14-20(24-23-19)16-7-4-9-18(22)13-16/h3-4,6-9,12-14H,5,10-11H2,1-2H3,(H,23,24). The zero-order chi connectivity index (χ0) is 18.5. The summed E-state index contributed by atoms with van der Waals surface area (Å²) in [6, 6.07) is 15.9. The van der Waals surface area contributed by atoms with E-state index in [4.69, 9.17) is 0 Å². The maximum atomic E-state index is 13.3. The molecule has 1 N–H and O–H groups in total. The predicted octanol–water partition coefficient (Wildman–Crippen LogP) is 4.23. The molecule has 0 aliphatic heterocycles. The van der Waals surface area contributed by atoms with Crippen LogP contribution in [0.4, 0.5) is 4.39 Å². The summed E-state index contributed by atoms with van der Waals surface area (Å²) >= 11 is 0. The third-order valence-corrected chi connectivity index (χ3v) is 4.30. The Morgan fingerprint density at radius 1 is 1.15 bits per heavy atom. The fourth-order valence-corrected chi connectivity index (χ4v) is 2.89. The second-order valence-electron chi connectivity index (χ2n) is 6.49. The molecule has 1 amide bonds. The van der Waals surface area contributed by atoms with Crippen LogP contribution in [0.3, 0.4) is 0 Å². The molecule has 3 rings (SSSR count). The summed E-state index contributed by atoms with van der Waals surface area (Å²) in [7, 11) is 1.82. The molecular weight excluding hydrogens is 329 g/mol. The monoisotopic (exact) mass is 351 g/mol. The topological polar surface area (TPSA) is 49.0 Å². The summed E-state index contributed by atoms with van der Waals surface area (Å²) in [6.45, 7) is 2.63. The Hall–Kier alpha value is -2.95. The van der Waals surface area contributed by atoms with Gasteiger partial charge in [-0.1, -0.05) is 29.8 Å². The van der Waals surface area contributed by atoms with Gasteiger partial charge in [0.2, 0.25) is 0 Å². The Kier molecular flexibility index (Phi) is 5.46. The fraction of sp³-hybridized carbons (Fsp3) is 0.238. The molecule has 0 aliphatic rings. The van der Waals surface area contributed by atoms with Crippen molar-refractivity contribution in [2.75, 3.05) is 13.6 Å². The number of hydrogen-bond acceptors (Lipinski definition) is 2. The summed E-state index contributed by atoms with van der Waals surface area (Å²) < 4.78 is 13.3. The summed E-state index contributed by atoms with van der Waals surface area (Å²) in [6.07, 6.45) is 1.59. The first kappa shape index (κ1) is 17.9. The zero-order valence-electron chi connectivity index (χ0n) is 15.0. The van der Waals surface area contributed by atoms with Gasteiger partial charge in [-0.05, 0) is 50.1 Å². The number of aromatic nitrogens is 2. The minimum Gasteiger partial charge on any atom is -0.342 e. The van der Waals surface area contributed by atoms with E-state index in [0.717, 1.165) is 35.4 Å². The van der Waals surface area contributed by atoms with E-state index in [2.05, 4.69) is 10.2 Å². The van der Waals surface area contributed by atoms with Crippen LogP contribution in [-0.4, -0.2) is 34.6 Å². The van der Waals surface area contributed by atoms with E-state index in [1.54, 1.807) is 11.0 Å². The van der Waals surface area contributed by atoms with Crippen molar-refractivity contribution in [2.24, 2.45) is 0 Å². The molecule has 3 aromatic rings. The maximum absolute atomic E-state index is 13.3. The van der Waals surface area contributed by atoms with Crippen LogP contribution in [0.1, 0.15) is 28.0 Å². The zero-order valence-corrected chi connectivity index (χ0v) is 15.0. The van der Waals surface area contributed by atoms with Crippen LogP contribution in [0.25, 0.3) is 11.3 Å². The Morgan fingerprint density at radius 3 is 2.73 bits per heavy atom. The van der Waals surface area contributed by atoms with Crippen molar-refractivity contribution in [1.82, 2.24) is 15.1 Å². The highest BCUT2D eigenvalue weighted by Crippen LogP contribution is 2.19. The highest BCUT2D eigenvalue weighted by atomic mass is 19.1. The molecule has 0 unspecified atom stereocenters. The minimum atomic E-state index is -0.275. The van der Waals surface area contributed by atoms with Crippen LogP contribution >= 0.6 is 0 Å². The number of benzene rings is 2. The van der Waals surface area contributed by atoms with E-state index in [0.29, 0.717) is 12.1 Å². The van der Waals surface area contributed by atoms with Crippen LogP contribution in [0.15, 0.2) is 54.6 Å². The molecule has 0 saturated carbocycles. The predicted molar refractivity (Wildman–Crippen MR) is 100 cm³/mol. The summed E-state index contributed by atoms with van der Waals surface area (Å²) in [5.74, 6) is -0.248. The third kappa shape index (κ3) is 4.36. The van der Waals surface area contributed by atoms with Crippen molar-refractivity contribution < 1.29 is 9.18 Å². The number of halogens is 1. The molecule has 0 bridgehead atoms. The highest BCUT2D eigenvalue weighted by molar-refractivity contribution is 5.94. The lowest BCUT2D eigenvalue weighted by atomic mass is 10.1. The Labute approximate surface area is 152 Å². The number of carbonyl (C=O) groups excluding carboxylic acids is 1. The van der Waals surface area contributed by atoms with Gasteiger partial charge < -0.3 is 4.90 Å². The minimum absolute atomic E-state index is 0.0266. The number of H-pyrrole nitrogens is 1. The number of nitrogens with zero attached hydrogens (tertiary/aromatic N) is 2. The van der Waals surface area contributed by atoms with Gasteiger partial charge >= 0.3 is 0 Å². The van der Waals surface area contributed by atoms with Gasteiger partial charge in [-0.3, -0.25) is 9.89 Å². The van der Waals surface area contributed by atoms with E-state index < -0.39 is 0 Å². The Morgan fingerprint density at radius 2 is 1.96 bits per heavy atom. The van der Waals surface area contributed by atoms with Gasteiger partial charge in [0.25, 0.3) is 5.91 Å². The quantitative estimate of drug-likeness (QED) is 0.722. The molecule has 0 spiro atoms. The maximum Gasteiger partial charge on any atom is 0.253 e. The number of carbonyl (C=O) groups is 1. The lowest BCUT2D eigenvalue weighted by molar-refractivity contribution is 0.0793. The van der Waals surface area contributed by atoms with Crippen molar-refractivity contribution in [2.45, 2.75) is 19.8 Å². The summed E-state index contributed by atoms with van der Waals surface area (Å²) in [5.41, 5.74) is 4.23. The number of rotatable bonds is 6. The molecule has 0 atom stereocenters. The van der Waals surface area contributed by atoms with E-state index in [1.165, 1.54) is 12.1 Å². The van der Waals surface area contributed by atoms with Crippen LogP contribution in [-0.2, 0) is 6.42 Å². The SMILES string of the molecule is Cc1cccc(C(=O)N(C)CCCc2cc(-c3cccc(F)c3)n[nH]2)c1. The summed E-state index contributed by atoms with van der Waals surface area (Å²) in [4.78, 5) is 14.2. The molecule has 0 saturated heterocycles. The Bertz CT molecular complexity index is 904. The van der Waals surface area contributed by atoms with E-state index in [9.17, 15) is 9.18 Å². The van der Waals surface area contributed by atoms with Crippen molar-refractivity contribution >= 4 is 5.91 Å². The van der Waals surface area contributed by atoms with Crippen LogP contribution in [0.5, 0.6) is 0 Å². The lowest BCUT2D eigenvalue weighted by Crippen LogP contribution is -2.28. The number of nitrogens with one attached hydrogen (secondary N) is 1. The number of aromatic amines is 1. The van der Waals surface area contributed by atoms with Crippen molar-refractivity contribution in [3.8, 4) is 11.3 Å². The summed E-state index contributed by atoms with van der Waals surface area (Å²) in [5, 5.41) is 7.24. The van der Waals surface area contributed by atoms with Gasteiger partial charge in [-0.25, -0.2) is 4.39 Å². The molecule has 134 valence electrons. The number of aryl methyl sites for hydroxylation is 2. The van der Waals surface area contributed by atoms with E-state index >= 15 is 0 Å². The Balaban J connectivity index is 1.54. The van der Waals surface area contributed by atoms with Crippen molar-refractivity contribution in [3.63, 3.8) is 0 Å². The molecular formula is C21H22FN3O. The first-order valence-electron chi connectivity index (χ1n) is 8.65. The molecule has 5 heteroatoms. The average molecular weight is 351 g/mol. The number of amides is 1. The largest absolute Gasteiger partial charge is 0.342 e. The smallest absolute Gasteiger partial charge is 0.253 e. The second-order valence-corrected chi connectivity index (χ2v) is 6.49. The second kappa shape index (κ2) is 7.95. The molecule has 0 aliphatic carbocycles. The van der Waals surface area contributed by atoms with Gasteiger partial charge in [0.05, 0.1) is 5.69 Å². The molecule has 0 fully saturated rings. The van der Waals surface area contributed by atoms with E-state index in [1.807, 2.05) is 50.4 Å². The van der Waals surface area contributed by atoms with Crippen LogP contribution in [0.2, 0.25) is 0 Å². The molecule has 1 aromatic heterocycles.